The molecular formula is C13H19NO3. The normalized spacial score (nSPS) is 12.5. The van der Waals surface area contributed by atoms with E-state index in [0.29, 0.717) is 11.6 Å². The van der Waals surface area contributed by atoms with E-state index in [-0.39, 0.29) is 17.4 Å². The summed E-state index contributed by atoms with van der Waals surface area (Å²) in [6, 6.07) is 4.75. The second kappa shape index (κ2) is 5.57. The molecule has 0 aliphatic carbocycles. The van der Waals surface area contributed by atoms with Crippen molar-refractivity contribution in [1.29, 1.82) is 0 Å². The molecule has 0 spiro atoms. The van der Waals surface area contributed by atoms with Crippen LogP contribution in [0.5, 0.6) is 5.75 Å². The lowest BCUT2D eigenvalue weighted by atomic mass is 10.1. The summed E-state index contributed by atoms with van der Waals surface area (Å²) in [5.74, 6) is -0.264. The van der Waals surface area contributed by atoms with Gasteiger partial charge in [0.05, 0.1) is 11.8 Å². The van der Waals surface area contributed by atoms with Crippen LogP contribution < -0.4 is 10.5 Å². The van der Waals surface area contributed by atoms with Crippen molar-refractivity contribution in [3.8, 4) is 5.75 Å². The lowest BCUT2D eigenvalue weighted by molar-refractivity contribution is 0.0689. The van der Waals surface area contributed by atoms with E-state index < -0.39 is 5.97 Å². The molecular weight excluding hydrogens is 218 g/mol. The number of hydrogen-bond donors (Lipinski definition) is 2. The van der Waals surface area contributed by atoms with Crippen LogP contribution in [0.25, 0.3) is 0 Å². The van der Waals surface area contributed by atoms with E-state index in [1.165, 1.54) is 6.07 Å². The number of carboxylic acids is 1. The number of carboxylic acid groups (broad SMARTS) is 1. The first kappa shape index (κ1) is 13.4. The lowest BCUT2D eigenvalue weighted by Crippen LogP contribution is -2.17. The summed E-state index contributed by atoms with van der Waals surface area (Å²) in [6.07, 6.45) is 0.797. The molecule has 0 fully saturated rings. The Morgan fingerprint density at radius 2 is 2.06 bits per heavy atom. The van der Waals surface area contributed by atoms with Gasteiger partial charge in [-0.3, -0.25) is 0 Å². The SMILES string of the molecule is CC(C)CC(C)Oc1c(N)cccc1C(=O)O. The molecule has 3 N–H and O–H groups in total. The van der Waals surface area contributed by atoms with Gasteiger partial charge in [-0.1, -0.05) is 19.9 Å². The molecule has 0 saturated carbocycles. The number of hydrogen-bond acceptors (Lipinski definition) is 3. The number of nitrogens with two attached hydrogens (primary N) is 1. The summed E-state index contributed by atoms with van der Waals surface area (Å²) < 4.78 is 5.64. The molecule has 0 bridgehead atoms. The number of ether oxygens (including phenoxy) is 1. The number of rotatable bonds is 5. The van der Waals surface area contributed by atoms with E-state index in [9.17, 15) is 4.79 Å². The minimum atomic E-state index is -1.02. The molecule has 1 atom stereocenters. The average molecular weight is 237 g/mol. The maximum atomic E-state index is 11.0. The zero-order valence-corrected chi connectivity index (χ0v) is 10.4. The van der Waals surface area contributed by atoms with Crippen LogP contribution in [0.2, 0.25) is 0 Å². The maximum Gasteiger partial charge on any atom is 0.339 e. The molecule has 0 amide bonds. The minimum Gasteiger partial charge on any atom is -0.488 e. The van der Waals surface area contributed by atoms with Crippen LogP contribution in [0.4, 0.5) is 5.69 Å². The fourth-order valence-electron chi connectivity index (χ4n) is 1.77. The number of carbonyl (C=O) groups is 1. The number of aromatic carboxylic acids is 1. The number of nitrogen functional groups attached to an aromatic ring is 1. The number of benzene rings is 1. The third-order valence-electron chi connectivity index (χ3n) is 2.40. The van der Waals surface area contributed by atoms with Crippen LogP contribution >= 0.6 is 0 Å². The van der Waals surface area contributed by atoms with Gasteiger partial charge in [-0.25, -0.2) is 4.79 Å². The Labute approximate surface area is 101 Å². The zero-order valence-electron chi connectivity index (χ0n) is 10.4. The molecule has 1 unspecified atom stereocenters. The number of anilines is 1. The van der Waals surface area contributed by atoms with Crippen molar-refractivity contribution in [2.45, 2.75) is 33.3 Å². The molecule has 1 rings (SSSR count). The summed E-state index contributed by atoms with van der Waals surface area (Å²) in [5.41, 5.74) is 6.22. The highest BCUT2D eigenvalue weighted by Gasteiger charge is 2.16. The third kappa shape index (κ3) is 3.66. The molecule has 0 aromatic heterocycles. The predicted molar refractivity (Wildman–Crippen MR) is 67.4 cm³/mol. The van der Waals surface area contributed by atoms with Gasteiger partial charge in [-0.05, 0) is 31.4 Å². The molecule has 0 heterocycles. The minimum absolute atomic E-state index is 0.0576. The molecule has 1 aromatic rings. The Bertz CT molecular complexity index is 402. The molecule has 1 aromatic carbocycles. The van der Waals surface area contributed by atoms with Crippen molar-refractivity contribution in [3.05, 3.63) is 23.8 Å². The van der Waals surface area contributed by atoms with Crippen LogP contribution in [0.15, 0.2) is 18.2 Å². The molecule has 0 saturated heterocycles. The van der Waals surface area contributed by atoms with Gasteiger partial charge in [-0.15, -0.1) is 0 Å². The molecule has 94 valence electrons. The molecule has 4 heteroatoms. The fourth-order valence-corrected chi connectivity index (χ4v) is 1.77. The van der Waals surface area contributed by atoms with Crippen molar-refractivity contribution in [1.82, 2.24) is 0 Å². The summed E-state index contributed by atoms with van der Waals surface area (Å²) in [5, 5.41) is 9.05. The van der Waals surface area contributed by atoms with Gasteiger partial charge in [0.1, 0.15) is 5.56 Å². The first-order valence-electron chi connectivity index (χ1n) is 5.70. The fraction of sp³-hybridized carbons (Fsp3) is 0.462. The highest BCUT2D eigenvalue weighted by atomic mass is 16.5. The second-order valence-electron chi connectivity index (χ2n) is 4.59. The van der Waals surface area contributed by atoms with Crippen LogP contribution in [0.3, 0.4) is 0 Å². The number of para-hydroxylation sites is 1. The summed E-state index contributed by atoms with van der Waals surface area (Å²) in [4.78, 5) is 11.0. The Kier molecular flexibility index (Phi) is 4.37. The highest BCUT2D eigenvalue weighted by molar-refractivity contribution is 5.93. The monoisotopic (exact) mass is 237 g/mol. The van der Waals surface area contributed by atoms with Gasteiger partial charge >= 0.3 is 5.97 Å². The van der Waals surface area contributed by atoms with E-state index in [1.54, 1.807) is 12.1 Å². The first-order valence-corrected chi connectivity index (χ1v) is 5.70. The van der Waals surface area contributed by atoms with Gasteiger partial charge in [0.25, 0.3) is 0 Å². The topological polar surface area (TPSA) is 72.5 Å². The summed E-state index contributed by atoms with van der Waals surface area (Å²) >= 11 is 0. The van der Waals surface area contributed by atoms with E-state index in [4.69, 9.17) is 15.6 Å². The van der Waals surface area contributed by atoms with Crippen molar-refractivity contribution in [2.24, 2.45) is 5.92 Å². The molecule has 4 nitrogen and oxygen atoms in total. The van der Waals surface area contributed by atoms with Gasteiger partial charge in [0, 0.05) is 0 Å². The van der Waals surface area contributed by atoms with E-state index in [1.807, 2.05) is 6.92 Å². The molecule has 0 radical (unpaired) electrons. The van der Waals surface area contributed by atoms with Crippen molar-refractivity contribution in [2.75, 3.05) is 5.73 Å². The van der Waals surface area contributed by atoms with Gasteiger partial charge < -0.3 is 15.6 Å². The predicted octanol–water partition coefficient (Wildman–Crippen LogP) is 2.78. The Morgan fingerprint density at radius 3 is 2.59 bits per heavy atom. The van der Waals surface area contributed by atoms with Crippen LogP contribution in [0.1, 0.15) is 37.6 Å². The quantitative estimate of drug-likeness (QED) is 0.772. The van der Waals surface area contributed by atoms with Gasteiger partial charge in [0.2, 0.25) is 0 Å². The average Bonchev–Trinajstić information content (AvgIpc) is 2.19. The molecule has 0 aliphatic heterocycles. The van der Waals surface area contributed by atoms with Crippen LogP contribution in [-0.4, -0.2) is 17.2 Å². The first-order chi connectivity index (χ1) is 7.91. The van der Waals surface area contributed by atoms with Crippen LogP contribution in [0, 0.1) is 5.92 Å². The van der Waals surface area contributed by atoms with Crippen LogP contribution in [-0.2, 0) is 0 Å². The van der Waals surface area contributed by atoms with Gasteiger partial charge in [-0.2, -0.15) is 0 Å². The van der Waals surface area contributed by atoms with Gasteiger partial charge in [0.15, 0.2) is 5.75 Å². The molecule has 0 aliphatic rings. The zero-order chi connectivity index (χ0) is 13.0. The summed E-state index contributed by atoms with van der Waals surface area (Å²) in [7, 11) is 0. The smallest absolute Gasteiger partial charge is 0.339 e. The Hall–Kier alpha value is -1.71. The third-order valence-corrected chi connectivity index (χ3v) is 2.40. The van der Waals surface area contributed by atoms with E-state index in [0.717, 1.165) is 6.42 Å². The molecule has 17 heavy (non-hydrogen) atoms. The Balaban J connectivity index is 2.92. The van der Waals surface area contributed by atoms with Crippen molar-refractivity contribution in [3.63, 3.8) is 0 Å². The summed E-state index contributed by atoms with van der Waals surface area (Å²) in [6.45, 7) is 6.09. The highest BCUT2D eigenvalue weighted by Crippen LogP contribution is 2.28. The standard InChI is InChI=1S/C13H19NO3/c1-8(2)7-9(3)17-12-10(13(15)16)5-4-6-11(12)14/h4-6,8-9H,7,14H2,1-3H3,(H,15,16). The van der Waals surface area contributed by atoms with Crippen molar-refractivity contribution < 1.29 is 14.6 Å². The largest absolute Gasteiger partial charge is 0.488 e. The second-order valence-corrected chi connectivity index (χ2v) is 4.59. The maximum absolute atomic E-state index is 11.0. The Morgan fingerprint density at radius 1 is 1.41 bits per heavy atom. The van der Waals surface area contributed by atoms with Crippen molar-refractivity contribution >= 4 is 11.7 Å². The van der Waals surface area contributed by atoms with E-state index >= 15 is 0 Å². The van der Waals surface area contributed by atoms with E-state index in [2.05, 4.69) is 13.8 Å². The lowest BCUT2D eigenvalue weighted by Gasteiger charge is -2.19.